The van der Waals surface area contributed by atoms with Gasteiger partial charge in [-0.15, -0.1) is 0 Å². The first-order chi connectivity index (χ1) is 11.6. The van der Waals surface area contributed by atoms with Gasteiger partial charge in [-0.25, -0.2) is 4.98 Å². The van der Waals surface area contributed by atoms with E-state index in [-0.39, 0.29) is 0 Å². The molecule has 0 saturated heterocycles. The molecule has 0 bridgehead atoms. The highest BCUT2D eigenvalue weighted by Gasteiger charge is 2.17. The summed E-state index contributed by atoms with van der Waals surface area (Å²) >= 11 is 0. The number of nitrogens with one attached hydrogen (secondary N) is 1. The Hall–Kier alpha value is -2.86. The fourth-order valence-corrected chi connectivity index (χ4v) is 2.56. The molecule has 0 unspecified atom stereocenters. The molecule has 1 aromatic heterocycles. The minimum Gasteiger partial charge on any atom is -0.493 e. The van der Waals surface area contributed by atoms with E-state index in [0.717, 1.165) is 16.7 Å². The van der Waals surface area contributed by atoms with Gasteiger partial charge in [-0.3, -0.25) is 5.10 Å². The van der Waals surface area contributed by atoms with Crippen LogP contribution < -0.4 is 15.2 Å². The zero-order valence-electron chi connectivity index (χ0n) is 13.9. The number of methoxy groups -OCH3 is 2. The number of hydrogen-bond acceptors (Lipinski definition) is 5. The lowest BCUT2D eigenvalue weighted by atomic mass is 10.1. The minimum absolute atomic E-state index is 0.435. The lowest BCUT2D eigenvalue weighted by Crippen LogP contribution is -2.14. The molecular weight excluding hydrogens is 304 g/mol. The Morgan fingerprint density at radius 1 is 1.04 bits per heavy atom. The van der Waals surface area contributed by atoms with Gasteiger partial charge in [-0.2, -0.15) is 5.10 Å². The summed E-state index contributed by atoms with van der Waals surface area (Å²) in [5.41, 5.74) is 9.29. The molecule has 0 aliphatic heterocycles. The van der Waals surface area contributed by atoms with Gasteiger partial charge in [0.25, 0.3) is 0 Å². The molecule has 0 saturated carbocycles. The van der Waals surface area contributed by atoms with Gasteiger partial charge in [0.05, 0.1) is 20.3 Å². The van der Waals surface area contributed by atoms with Crippen molar-refractivity contribution in [2.75, 3.05) is 14.2 Å². The number of ether oxygens (including phenoxy) is 2. The van der Waals surface area contributed by atoms with Crippen LogP contribution in [-0.2, 0) is 0 Å². The van der Waals surface area contributed by atoms with Crippen molar-refractivity contribution >= 4 is 0 Å². The monoisotopic (exact) mass is 324 g/mol. The molecule has 1 atom stereocenters. The molecule has 6 heteroatoms. The normalized spacial score (nSPS) is 12.0. The van der Waals surface area contributed by atoms with Crippen molar-refractivity contribution in [3.63, 3.8) is 0 Å². The van der Waals surface area contributed by atoms with Crippen LogP contribution in [0.4, 0.5) is 0 Å². The predicted octanol–water partition coefficient (Wildman–Crippen LogP) is 2.85. The molecule has 3 rings (SSSR count). The molecule has 6 nitrogen and oxygen atoms in total. The van der Waals surface area contributed by atoms with Crippen molar-refractivity contribution in [2.24, 2.45) is 5.73 Å². The molecule has 124 valence electrons. The fraction of sp³-hybridized carbons (Fsp3) is 0.222. The van der Waals surface area contributed by atoms with Gasteiger partial charge in [-0.1, -0.05) is 30.3 Å². The molecule has 0 aliphatic carbocycles. The van der Waals surface area contributed by atoms with E-state index in [9.17, 15) is 0 Å². The van der Waals surface area contributed by atoms with Crippen LogP contribution in [0.5, 0.6) is 11.5 Å². The number of benzene rings is 2. The summed E-state index contributed by atoms with van der Waals surface area (Å²) in [6.45, 7) is 2.03. The highest BCUT2D eigenvalue weighted by molar-refractivity contribution is 5.59. The molecular formula is C18H20N4O2. The summed E-state index contributed by atoms with van der Waals surface area (Å²) in [6, 6.07) is 13.1. The van der Waals surface area contributed by atoms with Gasteiger partial charge in [0.2, 0.25) is 0 Å². The van der Waals surface area contributed by atoms with Crippen LogP contribution >= 0.6 is 0 Å². The molecule has 3 aromatic rings. The number of aryl methyl sites for hydroxylation is 1. The van der Waals surface area contributed by atoms with Gasteiger partial charge >= 0.3 is 0 Å². The standard InChI is InChI=1S/C18H20N4O2/c1-11-6-4-5-7-13(11)17-20-18(22-21-17)16(19)12-8-9-14(23-2)15(10-12)24-3/h4-10,16H,19H2,1-3H3,(H,20,21,22)/t16-/m0/s1. The summed E-state index contributed by atoms with van der Waals surface area (Å²) in [5, 5.41) is 7.24. The summed E-state index contributed by atoms with van der Waals surface area (Å²) < 4.78 is 10.6. The number of hydrogen-bond donors (Lipinski definition) is 2. The van der Waals surface area contributed by atoms with Gasteiger partial charge in [-0.05, 0) is 30.2 Å². The van der Waals surface area contributed by atoms with Gasteiger partial charge in [0, 0.05) is 5.56 Å². The van der Waals surface area contributed by atoms with E-state index < -0.39 is 6.04 Å². The smallest absolute Gasteiger partial charge is 0.181 e. The minimum atomic E-state index is -0.435. The van der Waals surface area contributed by atoms with E-state index in [0.29, 0.717) is 23.1 Å². The van der Waals surface area contributed by atoms with Crippen LogP contribution in [-0.4, -0.2) is 29.4 Å². The Bertz CT molecular complexity index is 845. The van der Waals surface area contributed by atoms with E-state index in [1.165, 1.54) is 0 Å². The van der Waals surface area contributed by atoms with Gasteiger partial charge in [0.1, 0.15) is 5.82 Å². The van der Waals surface area contributed by atoms with Crippen molar-refractivity contribution < 1.29 is 9.47 Å². The molecule has 2 aromatic carbocycles. The molecule has 0 radical (unpaired) electrons. The molecule has 0 amide bonds. The summed E-state index contributed by atoms with van der Waals surface area (Å²) in [6.07, 6.45) is 0. The Morgan fingerprint density at radius 2 is 1.79 bits per heavy atom. The molecule has 0 aliphatic rings. The first-order valence-corrected chi connectivity index (χ1v) is 7.60. The summed E-state index contributed by atoms with van der Waals surface area (Å²) in [5.74, 6) is 2.52. The topological polar surface area (TPSA) is 86.0 Å². The van der Waals surface area contributed by atoms with Crippen LogP contribution in [0.1, 0.15) is 23.0 Å². The number of nitrogens with two attached hydrogens (primary N) is 1. The highest BCUT2D eigenvalue weighted by atomic mass is 16.5. The lowest BCUT2D eigenvalue weighted by molar-refractivity contribution is 0.354. The second-order valence-electron chi connectivity index (χ2n) is 5.45. The van der Waals surface area contributed by atoms with E-state index >= 15 is 0 Å². The fourth-order valence-electron chi connectivity index (χ4n) is 2.56. The van der Waals surface area contributed by atoms with Crippen LogP contribution in [0.3, 0.4) is 0 Å². The van der Waals surface area contributed by atoms with Crippen molar-refractivity contribution in [3.05, 3.63) is 59.4 Å². The number of rotatable bonds is 5. The van der Waals surface area contributed by atoms with Crippen molar-refractivity contribution in [1.82, 2.24) is 15.2 Å². The third-order valence-electron chi connectivity index (χ3n) is 3.95. The second kappa shape index (κ2) is 6.72. The molecule has 0 spiro atoms. The molecule has 3 N–H and O–H groups in total. The number of aromatic nitrogens is 3. The zero-order chi connectivity index (χ0) is 17.1. The molecule has 1 heterocycles. The Kier molecular flexibility index (Phi) is 4.48. The van der Waals surface area contributed by atoms with Gasteiger partial charge in [0.15, 0.2) is 17.3 Å². The maximum Gasteiger partial charge on any atom is 0.181 e. The first kappa shape index (κ1) is 16.0. The summed E-state index contributed by atoms with van der Waals surface area (Å²) in [4.78, 5) is 4.55. The van der Waals surface area contributed by atoms with Gasteiger partial charge < -0.3 is 15.2 Å². The highest BCUT2D eigenvalue weighted by Crippen LogP contribution is 2.31. The molecule has 24 heavy (non-hydrogen) atoms. The van der Waals surface area contributed by atoms with Crippen LogP contribution in [0.25, 0.3) is 11.4 Å². The Balaban J connectivity index is 1.91. The Morgan fingerprint density at radius 3 is 2.50 bits per heavy atom. The van der Waals surface area contributed by atoms with E-state index in [1.807, 2.05) is 49.4 Å². The van der Waals surface area contributed by atoms with Crippen molar-refractivity contribution in [2.45, 2.75) is 13.0 Å². The average Bonchev–Trinajstić information content (AvgIpc) is 3.10. The van der Waals surface area contributed by atoms with Crippen LogP contribution in [0.15, 0.2) is 42.5 Å². The third-order valence-corrected chi connectivity index (χ3v) is 3.95. The quantitative estimate of drug-likeness (QED) is 0.753. The number of aromatic amines is 1. The first-order valence-electron chi connectivity index (χ1n) is 7.60. The van der Waals surface area contributed by atoms with E-state index in [1.54, 1.807) is 14.2 Å². The maximum atomic E-state index is 6.33. The predicted molar refractivity (Wildman–Crippen MR) is 92.1 cm³/mol. The van der Waals surface area contributed by atoms with E-state index in [4.69, 9.17) is 15.2 Å². The van der Waals surface area contributed by atoms with Crippen molar-refractivity contribution in [3.8, 4) is 22.9 Å². The summed E-state index contributed by atoms with van der Waals surface area (Å²) in [7, 11) is 3.19. The largest absolute Gasteiger partial charge is 0.493 e. The maximum absolute atomic E-state index is 6.33. The lowest BCUT2D eigenvalue weighted by Gasteiger charge is -2.13. The average molecular weight is 324 g/mol. The van der Waals surface area contributed by atoms with Crippen molar-refractivity contribution in [1.29, 1.82) is 0 Å². The third kappa shape index (κ3) is 2.96. The number of H-pyrrole nitrogens is 1. The SMILES string of the molecule is COc1ccc([C@H](N)c2nc(-c3ccccc3C)n[nH]2)cc1OC. The Labute approximate surface area is 140 Å². The van der Waals surface area contributed by atoms with E-state index in [2.05, 4.69) is 15.2 Å². The van der Waals surface area contributed by atoms with Crippen LogP contribution in [0.2, 0.25) is 0 Å². The zero-order valence-corrected chi connectivity index (χ0v) is 13.9. The molecule has 0 fully saturated rings. The van der Waals surface area contributed by atoms with Crippen LogP contribution in [0, 0.1) is 6.92 Å². The second-order valence-corrected chi connectivity index (χ2v) is 5.45. The number of nitrogens with zero attached hydrogens (tertiary/aromatic N) is 2.